The van der Waals surface area contributed by atoms with Crippen LogP contribution in [-0.4, -0.2) is 19.1 Å². The van der Waals surface area contributed by atoms with Crippen LogP contribution in [0.5, 0.6) is 0 Å². The molecule has 11 aromatic rings. The summed E-state index contributed by atoms with van der Waals surface area (Å²) in [6, 6.07) is 71.4. The number of rotatable bonds is 6. The minimum absolute atomic E-state index is 0.650. The van der Waals surface area contributed by atoms with Gasteiger partial charge < -0.3 is 4.57 Å². The number of hydrogen-bond donors (Lipinski definition) is 0. The molecule has 4 nitrogen and oxygen atoms in total. The van der Waals surface area contributed by atoms with E-state index in [0.29, 0.717) is 5.95 Å². The summed E-state index contributed by atoms with van der Waals surface area (Å²) in [4.78, 5) is 9.98. The normalized spacial score (nSPS) is 11.6. The third-order valence-corrected chi connectivity index (χ3v) is 11.0. The lowest BCUT2D eigenvalue weighted by molar-refractivity contribution is 0.992. The fourth-order valence-corrected chi connectivity index (χ4v) is 8.31. The topological polar surface area (TPSA) is 35.6 Å². The average molecular weight is 715 g/mol. The zero-order valence-corrected chi connectivity index (χ0v) is 30.4. The molecule has 0 aliphatic rings. The summed E-state index contributed by atoms with van der Waals surface area (Å²) in [6.45, 7) is 0. The van der Waals surface area contributed by atoms with Crippen LogP contribution in [0.2, 0.25) is 0 Å². The van der Waals surface area contributed by atoms with Crippen molar-refractivity contribution in [1.82, 2.24) is 19.1 Å². The van der Waals surface area contributed by atoms with Crippen LogP contribution in [0.25, 0.3) is 99.9 Å². The van der Waals surface area contributed by atoms with E-state index in [2.05, 4.69) is 197 Å². The second kappa shape index (κ2) is 13.1. The largest absolute Gasteiger partial charge is 0.309 e. The Labute approximate surface area is 324 Å². The van der Waals surface area contributed by atoms with Crippen molar-refractivity contribution in [3.05, 3.63) is 206 Å². The predicted molar refractivity (Wildman–Crippen MR) is 232 cm³/mol. The monoisotopic (exact) mass is 714 g/mol. The SMILES string of the molecule is c1ccc(-c2ccc(-c3ccc(-c4ccnc(-n5c6ccccc6c6cc(-c7ccc8c(c7)c7ccccc7n8-c7ccccc7)ccc65)n4)cc3)cc2)cc1. The Morgan fingerprint density at radius 1 is 0.304 bits per heavy atom. The molecule has 0 fully saturated rings. The smallest absolute Gasteiger partial charge is 0.235 e. The maximum absolute atomic E-state index is 5.15. The summed E-state index contributed by atoms with van der Waals surface area (Å²) in [5.74, 6) is 0.650. The molecule has 8 aromatic carbocycles. The van der Waals surface area contributed by atoms with Crippen LogP contribution in [0.1, 0.15) is 0 Å². The average Bonchev–Trinajstić information content (AvgIpc) is 3.79. The molecule has 0 aliphatic carbocycles. The first kappa shape index (κ1) is 31.9. The fraction of sp³-hybridized carbons (Fsp3) is 0. The van der Waals surface area contributed by atoms with Crippen molar-refractivity contribution in [2.45, 2.75) is 0 Å². The molecule has 3 heterocycles. The molecule has 0 radical (unpaired) electrons. The third kappa shape index (κ3) is 5.31. The Kier molecular flexibility index (Phi) is 7.46. The lowest BCUT2D eigenvalue weighted by atomic mass is 9.99. The van der Waals surface area contributed by atoms with Gasteiger partial charge in [-0.3, -0.25) is 4.57 Å². The lowest BCUT2D eigenvalue weighted by Gasteiger charge is -2.10. The van der Waals surface area contributed by atoms with Crippen molar-refractivity contribution >= 4 is 43.6 Å². The minimum Gasteiger partial charge on any atom is -0.309 e. The zero-order chi connectivity index (χ0) is 37.0. The Balaban J connectivity index is 0.958. The molecule has 0 spiro atoms. The first-order valence-corrected chi connectivity index (χ1v) is 19.0. The number of nitrogens with zero attached hydrogens (tertiary/aromatic N) is 4. The van der Waals surface area contributed by atoms with Crippen LogP contribution in [0.15, 0.2) is 206 Å². The van der Waals surface area contributed by atoms with Gasteiger partial charge in [-0.1, -0.05) is 146 Å². The van der Waals surface area contributed by atoms with Crippen LogP contribution in [0, 0.1) is 0 Å². The summed E-state index contributed by atoms with van der Waals surface area (Å²) < 4.78 is 4.55. The fourth-order valence-electron chi connectivity index (χ4n) is 8.31. The number of aromatic nitrogens is 4. The summed E-state index contributed by atoms with van der Waals surface area (Å²) in [5.41, 5.74) is 14.8. The van der Waals surface area contributed by atoms with Gasteiger partial charge in [0.05, 0.1) is 27.8 Å². The molecule has 0 bridgehead atoms. The Morgan fingerprint density at radius 3 is 1.32 bits per heavy atom. The first-order valence-electron chi connectivity index (χ1n) is 19.0. The number of para-hydroxylation sites is 3. The third-order valence-electron chi connectivity index (χ3n) is 11.0. The van der Waals surface area contributed by atoms with Crippen LogP contribution in [0.4, 0.5) is 0 Å². The molecule has 262 valence electrons. The number of fused-ring (bicyclic) bond motifs is 6. The highest BCUT2D eigenvalue weighted by atomic mass is 15.2. The molecule has 3 aromatic heterocycles. The van der Waals surface area contributed by atoms with E-state index in [-0.39, 0.29) is 0 Å². The first-order chi connectivity index (χ1) is 27.8. The molecule has 4 heteroatoms. The van der Waals surface area contributed by atoms with Gasteiger partial charge in [-0.2, -0.15) is 0 Å². The molecule has 56 heavy (non-hydrogen) atoms. The van der Waals surface area contributed by atoms with E-state index >= 15 is 0 Å². The van der Waals surface area contributed by atoms with E-state index in [9.17, 15) is 0 Å². The van der Waals surface area contributed by atoms with Gasteiger partial charge in [0.1, 0.15) is 0 Å². The zero-order valence-electron chi connectivity index (χ0n) is 30.4. The second-order valence-corrected chi connectivity index (χ2v) is 14.3. The van der Waals surface area contributed by atoms with Gasteiger partial charge in [-0.05, 0) is 88.0 Å². The molecule has 0 saturated carbocycles. The maximum Gasteiger partial charge on any atom is 0.235 e. The van der Waals surface area contributed by atoms with E-state index in [0.717, 1.165) is 28.0 Å². The second-order valence-electron chi connectivity index (χ2n) is 14.3. The van der Waals surface area contributed by atoms with Crippen LogP contribution < -0.4 is 0 Å². The van der Waals surface area contributed by atoms with Crippen molar-refractivity contribution in [2.75, 3.05) is 0 Å². The van der Waals surface area contributed by atoms with Crippen molar-refractivity contribution in [1.29, 1.82) is 0 Å². The minimum atomic E-state index is 0.650. The summed E-state index contributed by atoms with van der Waals surface area (Å²) >= 11 is 0. The van der Waals surface area contributed by atoms with Crippen molar-refractivity contribution in [2.24, 2.45) is 0 Å². The lowest BCUT2D eigenvalue weighted by Crippen LogP contribution is -2.01. The van der Waals surface area contributed by atoms with Gasteiger partial charge in [0.15, 0.2) is 0 Å². The van der Waals surface area contributed by atoms with Gasteiger partial charge in [-0.15, -0.1) is 0 Å². The summed E-state index contributed by atoms with van der Waals surface area (Å²) in [7, 11) is 0. The van der Waals surface area contributed by atoms with Crippen LogP contribution >= 0.6 is 0 Å². The Hall–Kier alpha value is -7.56. The molecule has 11 rings (SSSR count). The van der Waals surface area contributed by atoms with Crippen LogP contribution in [0.3, 0.4) is 0 Å². The van der Waals surface area contributed by atoms with Crippen molar-refractivity contribution in [3.63, 3.8) is 0 Å². The van der Waals surface area contributed by atoms with Gasteiger partial charge in [0.25, 0.3) is 0 Å². The van der Waals surface area contributed by atoms with E-state index in [1.807, 2.05) is 18.3 Å². The predicted octanol–water partition coefficient (Wildman–Crippen LogP) is 13.3. The molecule has 0 atom stereocenters. The van der Waals surface area contributed by atoms with Gasteiger partial charge in [0.2, 0.25) is 5.95 Å². The molecule has 0 aliphatic heterocycles. The molecular weight excluding hydrogens is 681 g/mol. The number of benzene rings is 8. The molecular formula is C52H34N4. The van der Waals surface area contributed by atoms with Gasteiger partial charge in [-0.25, -0.2) is 9.97 Å². The molecule has 0 unspecified atom stereocenters. The highest BCUT2D eigenvalue weighted by molar-refractivity contribution is 6.12. The quantitative estimate of drug-likeness (QED) is 0.172. The Bertz CT molecular complexity index is 3210. The highest BCUT2D eigenvalue weighted by Crippen LogP contribution is 2.38. The van der Waals surface area contributed by atoms with Crippen LogP contribution in [-0.2, 0) is 0 Å². The Morgan fingerprint density at radius 2 is 0.732 bits per heavy atom. The van der Waals surface area contributed by atoms with Gasteiger partial charge in [0, 0.05) is 39.0 Å². The number of hydrogen-bond acceptors (Lipinski definition) is 2. The van der Waals surface area contributed by atoms with Gasteiger partial charge >= 0.3 is 0 Å². The van der Waals surface area contributed by atoms with E-state index in [4.69, 9.17) is 9.97 Å². The van der Waals surface area contributed by atoms with E-state index in [1.54, 1.807) is 0 Å². The summed E-state index contributed by atoms with van der Waals surface area (Å²) in [6.07, 6.45) is 1.87. The maximum atomic E-state index is 5.15. The summed E-state index contributed by atoms with van der Waals surface area (Å²) in [5, 5.41) is 4.82. The molecule has 0 amide bonds. The molecule has 0 N–H and O–H groups in total. The van der Waals surface area contributed by atoms with E-state index < -0.39 is 0 Å². The standard InChI is InChI=1S/C52H34N4/c1-3-11-35(12-4-1)36-19-21-37(22-20-36)38-23-25-39(26-24-38)47-31-32-53-52(54-47)56-49-18-10-8-16-44(49)46-34-41(28-30-51(46)56)40-27-29-50-45(33-40)43-15-7-9-17-48(43)55(50)42-13-5-2-6-14-42/h1-34H. The van der Waals surface area contributed by atoms with Crippen molar-refractivity contribution < 1.29 is 0 Å². The van der Waals surface area contributed by atoms with E-state index in [1.165, 1.54) is 66.0 Å². The van der Waals surface area contributed by atoms with Crippen molar-refractivity contribution in [3.8, 4) is 56.3 Å². The highest BCUT2D eigenvalue weighted by Gasteiger charge is 2.17. The molecule has 0 saturated heterocycles.